The fourth-order valence-electron chi connectivity index (χ4n) is 4.07. The highest BCUT2D eigenvalue weighted by Crippen LogP contribution is 2.32. The zero-order valence-electron chi connectivity index (χ0n) is 18.0. The summed E-state index contributed by atoms with van der Waals surface area (Å²) in [6.07, 6.45) is 0.708. The van der Waals surface area contributed by atoms with Crippen molar-refractivity contribution in [1.29, 1.82) is 0 Å². The van der Waals surface area contributed by atoms with Crippen molar-refractivity contribution in [2.75, 3.05) is 11.4 Å². The summed E-state index contributed by atoms with van der Waals surface area (Å²) in [5.74, 6) is -0.849. The Morgan fingerprint density at radius 2 is 1.69 bits per heavy atom. The number of anilines is 1. The van der Waals surface area contributed by atoms with Crippen LogP contribution in [0.5, 0.6) is 0 Å². The summed E-state index contributed by atoms with van der Waals surface area (Å²) in [7, 11) is -4.03. The normalized spacial score (nSPS) is 15.8. The van der Waals surface area contributed by atoms with Crippen molar-refractivity contribution in [3.8, 4) is 0 Å². The summed E-state index contributed by atoms with van der Waals surface area (Å²) in [5, 5.41) is 0. The molecule has 1 aliphatic heterocycles. The Balaban J connectivity index is 1.69. The number of rotatable bonds is 6. The Morgan fingerprint density at radius 1 is 1.03 bits per heavy atom. The number of hydrogen-bond acceptors (Lipinski definition) is 3. The molecule has 0 saturated heterocycles. The van der Waals surface area contributed by atoms with E-state index in [1.54, 1.807) is 29.2 Å². The van der Waals surface area contributed by atoms with Crippen LogP contribution in [-0.2, 0) is 27.8 Å². The first kappa shape index (κ1) is 22.2. The van der Waals surface area contributed by atoms with Crippen LogP contribution >= 0.6 is 0 Å². The number of nitrogens with zero attached hydrogens (tertiary/aromatic N) is 2. The minimum atomic E-state index is -4.03. The van der Waals surface area contributed by atoms with Crippen LogP contribution in [-0.4, -0.2) is 31.2 Å². The van der Waals surface area contributed by atoms with Crippen molar-refractivity contribution in [3.05, 3.63) is 95.3 Å². The Bertz CT molecular complexity index is 1240. The van der Waals surface area contributed by atoms with Gasteiger partial charge in [0.05, 0.1) is 11.4 Å². The van der Waals surface area contributed by atoms with E-state index in [-0.39, 0.29) is 35.5 Å². The van der Waals surface area contributed by atoms with Gasteiger partial charge in [0, 0.05) is 23.8 Å². The monoisotopic (exact) mass is 452 g/mol. The Hall–Kier alpha value is -3.03. The third-order valence-corrected chi connectivity index (χ3v) is 7.56. The van der Waals surface area contributed by atoms with Gasteiger partial charge in [0.15, 0.2) is 0 Å². The lowest BCUT2D eigenvalue weighted by Gasteiger charge is -2.27. The molecule has 4 rings (SSSR count). The van der Waals surface area contributed by atoms with Gasteiger partial charge in [-0.2, -0.15) is 4.31 Å². The smallest absolute Gasteiger partial charge is 0.243 e. The van der Waals surface area contributed by atoms with Gasteiger partial charge < -0.3 is 4.90 Å². The second kappa shape index (κ2) is 8.84. The van der Waals surface area contributed by atoms with E-state index in [9.17, 15) is 17.6 Å². The summed E-state index contributed by atoms with van der Waals surface area (Å²) in [5.41, 5.74) is 2.98. The summed E-state index contributed by atoms with van der Waals surface area (Å²) in [6.45, 7) is 3.18. The number of amides is 1. The number of para-hydroxylation sites is 1. The van der Waals surface area contributed by atoms with Crippen molar-refractivity contribution >= 4 is 21.6 Å². The third kappa shape index (κ3) is 4.31. The van der Waals surface area contributed by atoms with E-state index in [0.29, 0.717) is 6.42 Å². The third-order valence-electron chi connectivity index (χ3n) is 5.75. The molecule has 1 heterocycles. The van der Waals surface area contributed by atoms with Crippen molar-refractivity contribution < 1.29 is 17.6 Å². The van der Waals surface area contributed by atoms with E-state index in [1.807, 2.05) is 38.1 Å². The molecule has 3 aromatic carbocycles. The number of hydrogen-bond donors (Lipinski definition) is 0. The highest BCUT2D eigenvalue weighted by Gasteiger charge is 2.34. The average Bonchev–Trinajstić information content (AvgIpc) is 3.10. The number of benzene rings is 3. The van der Waals surface area contributed by atoms with Crippen molar-refractivity contribution in [1.82, 2.24) is 4.31 Å². The Morgan fingerprint density at radius 3 is 2.41 bits per heavy atom. The molecule has 1 amide bonds. The van der Waals surface area contributed by atoms with Crippen LogP contribution in [0.25, 0.3) is 0 Å². The average molecular weight is 453 g/mol. The Kier molecular flexibility index (Phi) is 6.13. The summed E-state index contributed by atoms with van der Waals surface area (Å²) < 4.78 is 42.4. The van der Waals surface area contributed by atoms with Crippen LogP contribution < -0.4 is 4.90 Å². The van der Waals surface area contributed by atoms with Crippen LogP contribution in [0.15, 0.2) is 77.7 Å². The number of sulfonamides is 1. The molecule has 0 bridgehead atoms. The van der Waals surface area contributed by atoms with Crippen molar-refractivity contribution in [2.24, 2.45) is 0 Å². The van der Waals surface area contributed by atoms with Gasteiger partial charge in [0.25, 0.3) is 0 Å². The van der Waals surface area contributed by atoms with Crippen LogP contribution in [0.2, 0.25) is 0 Å². The number of carbonyl (C=O) groups is 1. The predicted molar refractivity (Wildman–Crippen MR) is 122 cm³/mol. The van der Waals surface area contributed by atoms with Gasteiger partial charge in [-0.3, -0.25) is 4.79 Å². The standard InChI is InChI=1S/C25H25FN2O3S/c1-18-11-13-22(14-12-18)32(30,31)27(16-21-8-3-5-9-23(21)26)17-25(29)28-19(2)15-20-7-4-6-10-24(20)28/h3-14,19H,15-17H2,1-2H3. The van der Waals surface area contributed by atoms with Gasteiger partial charge in [-0.1, -0.05) is 54.1 Å². The molecule has 0 N–H and O–H groups in total. The molecule has 0 radical (unpaired) electrons. The first-order valence-corrected chi connectivity index (χ1v) is 11.9. The lowest BCUT2D eigenvalue weighted by molar-refractivity contribution is -0.119. The molecular weight excluding hydrogens is 427 g/mol. The highest BCUT2D eigenvalue weighted by molar-refractivity contribution is 7.89. The topological polar surface area (TPSA) is 57.7 Å². The lowest BCUT2D eigenvalue weighted by atomic mass is 10.1. The second-order valence-electron chi connectivity index (χ2n) is 8.12. The Labute approximate surface area is 188 Å². The van der Waals surface area contributed by atoms with Gasteiger partial charge in [-0.05, 0) is 50.1 Å². The molecule has 7 heteroatoms. The van der Waals surface area contributed by atoms with E-state index in [0.717, 1.165) is 21.1 Å². The number of aryl methyl sites for hydroxylation is 1. The predicted octanol–water partition coefficient (Wildman–Crippen LogP) is 4.30. The van der Waals surface area contributed by atoms with Crippen LogP contribution in [0.3, 0.4) is 0 Å². The second-order valence-corrected chi connectivity index (χ2v) is 10.1. The quantitative estimate of drug-likeness (QED) is 0.560. The van der Waals surface area contributed by atoms with Gasteiger partial charge in [-0.15, -0.1) is 0 Å². The maximum Gasteiger partial charge on any atom is 0.243 e. The maximum absolute atomic E-state index is 14.4. The van der Waals surface area contributed by atoms with E-state index < -0.39 is 15.8 Å². The summed E-state index contributed by atoms with van der Waals surface area (Å²) in [6, 6.07) is 20.0. The van der Waals surface area contributed by atoms with E-state index >= 15 is 0 Å². The van der Waals surface area contributed by atoms with Crippen molar-refractivity contribution in [2.45, 2.75) is 37.8 Å². The largest absolute Gasteiger partial charge is 0.308 e. The first-order valence-electron chi connectivity index (χ1n) is 10.5. The molecule has 1 aliphatic rings. The van der Waals surface area contributed by atoms with Crippen molar-refractivity contribution in [3.63, 3.8) is 0 Å². The fourth-order valence-corrected chi connectivity index (χ4v) is 5.44. The lowest BCUT2D eigenvalue weighted by Crippen LogP contribution is -2.44. The molecule has 0 fully saturated rings. The molecular formula is C25H25FN2O3S. The van der Waals surface area contributed by atoms with Gasteiger partial charge >= 0.3 is 0 Å². The molecule has 0 aromatic heterocycles. The molecule has 0 aliphatic carbocycles. The highest BCUT2D eigenvalue weighted by atomic mass is 32.2. The zero-order chi connectivity index (χ0) is 22.9. The van der Waals surface area contributed by atoms with Crippen LogP contribution in [0, 0.1) is 12.7 Å². The van der Waals surface area contributed by atoms with Gasteiger partial charge in [0.1, 0.15) is 5.82 Å². The molecule has 1 atom stereocenters. The molecule has 0 spiro atoms. The van der Waals surface area contributed by atoms with Crippen LogP contribution in [0.4, 0.5) is 10.1 Å². The molecule has 0 saturated carbocycles. The number of carbonyl (C=O) groups excluding carboxylic acids is 1. The molecule has 5 nitrogen and oxygen atoms in total. The minimum Gasteiger partial charge on any atom is -0.308 e. The van der Waals surface area contributed by atoms with E-state index in [1.165, 1.54) is 24.3 Å². The van der Waals surface area contributed by atoms with E-state index in [4.69, 9.17) is 0 Å². The van der Waals surface area contributed by atoms with Gasteiger partial charge in [0.2, 0.25) is 15.9 Å². The van der Waals surface area contributed by atoms with Crippen LogP contribution in [0.1, 0.15) is 23.6 Å². The summed E-state index contributed by atoms with van der Waals surface area (Å²) >= 11 is 0. The molecule has 32 heavy (non-hydrogen) atoms. The maximum atomic E-state index is 14.4. The fraction of sp³-hybridized carbons (Fsp3) is 0.240. The molecule has 1 unspecified atom stereocenters. The number of fused-ring (bicyclic) bond motifs is 1. The minimum absolute atomic E-state index is 0.0714. The molecule has 3 aromatic rings. The first-order chi connectivity index (χ1) is 15.3. The molecule has 166 valence electrons. The van der Waals surface area contributed by atoms with Gasteiger partial charge in [-0.25, -0.2) is 12.8 Å². The zero-order valence-corrected chi connectivity index (χ0v) is 18.8. The SMILES string of the molecule is Cc1ccc(S(=O)(=O)N(CC(=O)N2c3ccccc3CC2C)Cc2ccccc2F)cc1. The van der Waals surface area contributed by atoms with E-state index in [2.05, 4.69) is 0 Å². The number of halogens is 1. The summed E-state index contributed by atoms with van der Waals surface area (Å²) in [4.78, 5) is 15.1.